The number of aliphatic imine (C=N–C) groups is 1. The molecular weight excluding hydrogens is 424 g/mol. The molecule has 24 heavy (non-hydrogen) atoms. The quantitative estimate of drug-likeness (QED) is 0.282. The minimum Gasteiger partial charge on any atom is -0.492 e. The van der Waals surface area contributed by atoms with Gasteiger partial charge in [-0.1, -0.05) is 6.07 Å². The molecule has 1 aromatic heterocycles. The summed E-state index contributed by atoms with van der Waals surface area (Å²) < 4.78 is 20.4. The summed E-state index contributed by atoms with van der Waals surface area (Å²) in [6, 6.07) is 8.01. The Labute approximate surface area is 158 Å². The predicted molar refractivity (Wildman–Crippen MR) is 104 cm³/mol. The van der Waals surface area contributed by atoms with E-state index in [0.29, 0.717) is 24.9 Å². The zero-order valence-electron chi connectivity index (χ0n) is 13.6. The van der Waals surface area contributed by atoms with Crippen molar-refractivity contribution in [2.45, 2.75) is 13.0 Å². The molecule has 6 nitrogen and oxygen atoms in total. The zero-order chi connectivity index (χ0) is 16.3. The van der Waals surface area contributed by atoms with Gasteiger partial charge in [0.25, 0.3) is 0 Å². The van der Waals surface area contributed by atoms with Crippen molar-refractivity contribution in [1.82, 2.24) is 20.4 Å². The molecule has 0 aliphatic heterocycles. The molecule has 8 heteroatoms. The SMILES string of the molecule is CN=C(NCCCn1cccn1)NCCOc1cccc(F)c1.I. The van der Waals surface area contributed by atoms with E-state index < -0.39 is 0 Å². The first-order valence-corrected chi connectivity index (χ1v) is 7.58. The van der Waals surface area contributed by atoms with Gasteiger partial charge < -0.3 is 15.4 Å². The first-order valence-electron chi connectivity index (χ1n) is 7.58. The summed E-state index contributed by atoms with van der Waals surface area (Å²) in [6.07, 6.45) is 4.66. The van der Waals surface area contributed by atoms with Crippen LogP contribution in [0.25, 0.3) is 0 Å². The van der Waals surface area contributed by atoms with Crippen LogP contribution in [-0.2, 0) is 6.54 Å². The number of aromatic nitrogens is 2. The van der Waals surface area contributed by atoms with Crippen LogP contribution >= 0.6 is 24.0 Å². The van der Waals surface area contributed by atoms with Crippen LogP contribution in [0.1, 0.15) is 6.42 Å². The molecule has 0 spiro atoms. The van der Waals surface area contributed by atoms with Crippen LogP contribution in [0, 0.1) is 5.82 Å². The van der Waals surface area contributed by atoms with Gasteiger partial charge in [0.1, 0.15) is 18.2 Å². The number of benzene rings is 1. The fraction of sp³-hybridized carbons (Fsp3) is 0.375. The Morgan fingerprint density at radius 2 is 2.12 bits per heavy atom. The van der Waals surface area contributed by atoms with Gasteiger partial charge >= 0.3 is 0 Å². The summed E-state index contributed by atoms with van der Waals surface area (Å²) >= 11 is 0. The van der Waals surface area contributed by atoms with Crippen molar-refractivity contribution in [2.75, 3.05) is 26.7 Å². The third-order valence-corrected chi connectivity index (χ3v) is 3.10. The maximum atomic E-state index is 13.0. The maximum Gasteiger partial charge on any atom is 0.191 e. The van der Waals surface area contributed by atoms with Gasteiger partial charge in [-0.25, -0.2) is 4.39 Å². The van der Waals surface area contributed by atoms with Gasteiger partial charge in [-0.3, -0.25) is 9.67 Å². The second-order valence-electron chi connectivity index (χ2n) is 4.85. The molecule has 2 aromatic rings. The van der Waals surface area contributed by atoms with E-state index in [9.17, 15) is 4.39 Å². The molecule has 2 rings (SSSR count). The van der Waals surface area contributed by atoms with Gasteiger partial charge in [0.2, 0.25) is 0 Å². The van der Waals surface area contributed by atoms with Crippen molar-refractivity contribution in [3.05, 3.63) is 48.5 Å². The Kier molecular flexibility index (Phi) is 9.81. The summed E-state index contributed by atoms with van der Waals surface area (Å²) in [7, 11) is 1.72. The summed E-state index contributed by atoms with van der Waals surface area (Å²) in [5.41, 5.74) is 0. The standard InChI is InChI=1S/C16H22FN5O.HI/c1-18-16(19-7-3-10-22-11-4-8-21-22)20-9-12-23-15-6-2-5-14(17)13-15;/h2,4-6,8,11,13H,3,7,9-10,12H2,1H3,(H2,18,19,20);1H. The Morgan fingerprint density at radius 3 is 2.83 bits per heavy atom. The van der Waals surface area contributed by atoms with Gasteiger partial charge in [0.05, 0.1) is 6.54 Å². The van der Waals surface area contributed by atoms with Crippen molar-refractivity contribution in [2.24, 2.45) is 4.99 Å². The zero-order valence-corrected chi connectivity index (χ0v) is 15.9. The number of nitrogens with one attached hydrogen (secondary N) is 2. The van der Waals surface area contributed by atoms with Gasteiger partial charge in [-0.2, -0.15) is 5.10 Å². The molecule has 0 saturated heterocycles. The molecule has 0 aliphatic rings. The van der Waals surface area contributed by atoms with Gasteiger partial charge in [0, 0.05) is 38.6 Å². The number of nitrogens with zero attached hydrogens (tertiary/aromatic N) is 3. The van der Waals surface area contributed by atoms with Crippen molar-refractivity contribution >= 4 is 29.9 Å². The molecule has 0 amide bonds. The highest BCUT2D eigenvalue weighted by Gasteiger charge is 1.99. The molecular formula is C16H23FIN5O. The van der Waals surface area contributed by atoms with E-state index >= 15 is 0 Å². The number of hydrogen-bond acceptors (Lipinski definition) is 3. The third-order valence-electron chi connectivity index (χ3n) is 3.10. The average Bonchev–Trinajstić information content (AvgIpc) is 3.07. The lowest BCUT2D eigenvalue weighted by atomic mass is 10.3. The van der Waals surface area contributed by atoms with E-state index in [2.05, 4.69) is 20.7 Å². The van der Waals surface area contributed by atoms with Crippen molar-refractivity contribution in [1.29, 1.82) is 0 Å². The van der Waals surface area contributed by atoms with Crippen LogP contribution in [-0.4, -0.2) is 42.5 Å². The number of halogens is 2. The highest BCUT2D eigenvalue weighted by Crippen LogP contribution is 2.11. The number of ether oxygens (including phenoxy) is 1. The maximum absolute atomic E-state index is 13.0. The van der Waals surface area contributed by atoms with E-state index in [1.165, 1.54) is 12.1 Å². The molecule has 0 aliphatic carbocycles. The second kappa shape index (κ2) is 11.7. The van der Waals surface area contributed by atoms with Crippen LogP contribution < -0.4 is 15.4 Å². The highest BCUT2D eigenvalue weighted by molar-refractivity contribution is 14.0. The average molecular weight is 447 g/mol. The molecule has 2 N–H and O–H groups in total. The van der Waals surface area contributed by atoms with Crippen LogP contribution in [0.2, 0.25) is 0 Å². The first kappa shape index (κ1) is 20.2. The molecule has 0 atom stereocenters. The highest BCUT2D eigenvalue weighted by atomic mass is 127. The lowest BCUT2D eigenvalue weighted by molar-refractivity contribution is 0.320. The Balaban J connectivity index is 0.00000288. The van der Waals surface area contributed by atoms with Gasteiger partial charge in [-0.15, -0.1) is 24.0 Å². The number of hydrogen-bond donors (Lipinski definition) is 2. The molecule has 0 saturated carbocycles. The Bertz CT molecular complexity index is 606. The van der Waals surface area contributed by atoms with Crippen molar-refractivity contribution in [3.63, 3.8) is 0 Å². The molecule has 0 radical (unpaired) electrons. The smallest absolute Gasteiger partial charge is 0.191 e. The predicted octanol–water partition coefficient (Wildman–Crippen LogP) is 2.27. The van der Waals surface area contributed by atoms with Crippen LogP contribution in [0.3, 0.4) is 0 Å². The van der Waals surface area contributed by atoms with Crippen LogP contribution in [0.5, 0.6) is 5.75 Å². The summed E-state index contributed by atoms with van der Waals surface area (Å²) in [5, 5.41) is 10.5. The summed E-state index contributed by atoms with van der Waals surface area (Å²) in [5.74, 6) is 0.937. The second-order valence-corrected chi connectivity index (χ2v) is 4.85. The van der Waals surface area contributed by atoms with Crippen molar-refractivity contribution in [3.8, 4) is 5.75 Å². The lowest BCUT2D eigenvalue weighted by Gasteiger charge is -2.12. The minimum absolute atomic E-state index is 0. The fourth-order valence-corrected chi connectivity index (χ4v) is 2.00. The summed E-state index contributed by atoms with van der Waals surface area (Å²) in [4.78, 5) is 4.14. The Morgan fingerprint density at radius 1 is 1.29 bits per heavy atom. The van der Waals surface area contributed by atoms with E-state index in [0.717, 1.165) is 19.5 Å². The molecule has 0 bridgehead atoms. The van der Waals surface area contributed by atoms with Crippen molar-refractivity contribution < 1.29 is 9.13 Å². The van der Waals surface area contributed by atoms with E-state index in [4.69, 9.17) is 4.74 Å². The van der Waals surface area contributed by atoms with Gasteiger partial charge in [-0.05, 0) is 24.6 Å². The van der Waals surface area contributed by atoms with E-state index in [1.807, 2.05) is 16.9 Å². The topological polar surface area (TPSA) is 63.5 Å². The van der Waals surface area contributed by atoms with Crippen LogP contribution in [0.15, 0.2) is 47.7 Å². The third kappa shape index (κ3) is 7.62. The molecule has 0 unspecified atom stereocenters. The monoisotopic (exact) mass is 447 g/mol. The number of guanidine groups is 1. The van der Waals surface area contributed by atoms with Crippen LogP contribution in [0.4, 0.5) is 4.39 Å². The molecule has 1 aromatic carbocycles. The number of aryl methyl sites for hydroxylation is 1. The summed E-state index contributed by atoms with van der Waals surface area (Å²) in [6.45, 7) is 2.66. The van der Waals surface area contributed by atoms with Gasteiger partial charge in [0.15, 0.2) is 5.96 Å². The Hall–Kier alpha value is -1.84. The number of rotatable bonds is 8. The molecule has 0 fully saturated rings. The lowest BCUT2D eigenvalue weighted by Crippen LogP contribution is -2.39. The van der Waals surface area contributed by atoms with E-state index in [-0.39, 0.29) is 29.8 Å². The van der Waals surface area contributed by atoms with E-state index in [1.54, 1.807) is 25.4 Å². The first-order chi connectivity index (χ1) is 11.3. The minimum atomic E-state index is -0.301. The molecule has 132 valence electrons. The molecule has 1 heterocycles. The normalized spacial score (nSPS) is 10.8. The largest absolute Gasteiger partial charge is 0.492 e. The fourth-order valence-electron chi connectivity index (χ4n) is 2.00.